The molecule has 0 saturated heterocycles. The highest BCUT2D eigenvalue weighted by molar-refractivity contribution is 5.73. The summed E-state index contributed by atoms with van der Waals surface area (Å²) >= 11 is 0. The van der Waals surface area contributed by atoms with Crippen molar-refractivity contribution in [1.82, 2.24) is 16.0 Å². The van der Waals surface area contributed by atoms with Gasteiger partial charge in [-0.25, -0.2) is 4.79 Å². The lowest BCUT2D eigenvalue weighted by Crippen LogP contribution is -2.61. The number of alkyl halides is 3. The van der Waals surface area contributed by atoms with Gasteiger partial charge < -0.3 is 31.9 Å². The number of aliphatic hydroxyl groups is 1. The second kappa shape index (κ2) is 19.8. The monoisotopic (exact) mass is 703 g/mol. The quantitative estimate of drug-likeness (QED) is 0.0826. The number of fused-ring (bicyclic) bond motifs is 5. The van der Waals surface area contributed by atoms with E-state index in [1.807, 2.05) is 0 Å². The molecular weight excluding hydrogens is 629 g/mol. The Labute approximate surface area is 296 Å². The number of carbonyl (C=O) groups is 1. The molecule has 4 rings (SSSR count). The average molecular weight is 703 g/mol. The number of unbranched alkanes of at least 4 members (excludes halogenated alkanes) is 1. The van der Waals surface area contributed by atoms with Crippen LogP contribution in [-0.4, -0.2) is 73.8 Å². The van der Waals surface area contributed by atoms with E-state index in [1.54, 1.807) is 0 Å². The number of aliphatic hydroxyl groups excluding tert-OH is 1. The number of halogens is 3. The first kappa shape index (κ1) is 42.5. The van der Waals surface area contributed by atoms with E-state index in [9.17, 15) is 18.3 Å². The number of rotatable bonds is 18. The van der Waals surface area contributed by atoms with Crippen LogP contribution in [0.5, 0.6) is 0 Å². The second-order valence-corrected chi connectivity index (χ2v) is 17.2. The van der Waals surface area contributed by atoms with Gasteiger partial charge in [-0.15, -0.1) is 0 Å². The maximum Gasteiger partial charge on any atom is 0.490 e. The molecule has 0 bridgehead atoms. The maximum atomic E-state index is 10.8. The van der Waals surface area contributed by atoms with Gasteiger partial charge in [0.2, 0.25) is 0 Å². The van der Waals surface area contributed by atoms with Crippen LogP contribution in [0.1, 0.15) is 131 Å². The smallest absolute Gasteiger partial charge is 0.475 e. The summed E-state index contributed by atoms with van der Waals surface area (Å²) in [5.74, 6) is 3.17. The van der Waals surface area contributed by atoms with Gasteiger partial charge in [-0.05, 0) is 169 Å². The molecule has 0 amide bonds. The van der Waals surface area contributed by atoms with E-state index in [0.717, 1.165) is 94.0 Å². The summed E-state index contributed by atoms with van der Waals surface area (Å²) in [6, 6.07) is 0.579. The van der Waals surface area contributed by atoms with E-state index < -0.39 is 12.1 Å². The summed E-state index contributed by atoms with van der Waals surface area (Å²) < 4.78 is 31.7. The highest BCUT2D eigenvalue weighted by Crippen LogP contribution is 2.68. The Hall–Kier alpha value is -0.940. The molecule has 4 aliphatic carbocycles. The van der Waals surface area contributed by atoms with Crippen molar-refractivity contribution in [3.05, 3.63) is 0 Å². The Balaban J connectivity index is 0.000000838. The van der Waals surface area contributed by atoms with Gasteiger partial charge in [-0.1, -0.05) is 53.9 Å². The van der Waals surface area contributed by atoms with E-state index in [0.29, 0.717) is 22.8 Å². The zero-order valence-corrected chi connectivity index (χ0v) is 31.6. The lowest BCUT2D eigenvalue weighted by Gasteiger charge is -2.63. The van der Waals surface area contributed by atoms with Crippen molar-refractivity contribution in [2.75, 3.05) is 39.3 Å². The van der Waals surface area contributed by atoms with Gasteiger partial charge in [0.05, 0.1) is 6.10 Å². The van der Waals surface area contributed by atoms with E-state index >= 15 is 0 Å². The van der Waals surface area contributed by atoms with E-state index in [1.165, 1.54) is 77.0 Å². The van der Waals surface area contributed by atoms with E-state index in [4.69, 9.17) is 15.6 Å². The van der Waals surface area contributed by atoms with Crippen molar-refractivity contribution in [1.29, 1.82) is 0 Å². The summed E-state index contributed by atoms with van der Waals surface area (Å²) in [6.07, 6.45) is 14.3. The predicted molar refractivity (Wildman–Crippen MR) is 193 cm³/mol. The van der Waals surface area contributed by atoms with Crippen LogP contribution in [0.2, 0.25) is 0 Å². The molecule has 0 aromatic carbocycles. The highest BCUT2D eigenvalue weighted by Gasteiger charge is 2.62. The van der Waals surface area contributed by atoms with Crippen molar-refractivity contribution in [2.45, 2.75) is 149 Å². The summed E-state index contributed by atoms with van der Waals surface area (Å²) in [4.78, 5) is 8.90. The highest BCUT2D eigenvalue weighted by atomic mass is 19.4. The molecule has 0 aromatic heterocycles. The molecule has 7 N–H and O–H groups in total. The fraction of sp³-hybridized carbons (Fsp3) is 0.974. The van der Waals surface area contributed by atoms with Crippen LogP contribution in [0.4, 0.5) is 13.2 Å². The van der Waals surface area contributed by atoms with E-state index in [2.05, 4.69) is 50.6 Å². The molecule has 0 heterocycles. The molecule has 10 heteroatoms. The summed E-state index contributed by atoms with van der Waals surface area (Å²) in [6.45, 7) is 19.0. The van der Waals surface area contributed by atoms with Crippen LogP contribution in [0.3, 0.4) is 0 Å². The second-order valence-electron chi connectivity index (χ2n) is 17.2. The SMILES string of the molecule is CC(C)CCC[C@@H](C)[C@H]1CC[C@H]2[C@@H]3C[C@@H](NCCCNCCCCNCCCN)C4C[C@@H](O)CC[C@]4(C)[C@H]3CC[C@]12C.O=C(O)C(F)(F)F. The molecule has 4 saturated carbocycles. The lowest BCUT2D eigenvalue weighted by molar-refractivity contribution is -0.192. The topological polar surface area (TPSA) is 120 Å². The van der Waals surface area contributed by atoms with Crippen LogP contribution in [0, 0.1) is 52.3 Å². The van der Waals surface area contributed by atoms with Gasteiger partial charge in [0, 0.05) is 6.04 Å². The van der Waals surface area contributed by atoms with Crippen LogP contribution < -0.4 is 21.7 Å². The standard InChI is InChI=1S/C37H72N4O.C2HF3O2/c1-27(2)11-8-12-28(3)31-13-14-32-30-26-35(41-24-10-23-40-21-7-6-20-39-22-9-19-38)34-25-29(42)15-17-37(34,5)33(30)16-18-36(31,32)4;3-2(4,5)1(6)7/h27-35,39-42H,6-26,38H2,1-5H3;(H,6,7)/t28-,29+,30+,31-,32+,33+,34?,35-,36-,37-;/m1./s1. The Bertz CT molecular complexity index is 970. The number of aliphatic carboxylic acids is 1. The lowest BCUT2D eigenvalue weighted by atomic mass is 9.43. The van der Waals surface area contributed by atoms with Crippen LogP contribution in [-0.2, 0) is 4.79 Å². The summed E-state index contributed by atoms with van der Waals surface area (Å²) in [7, 11) is 0. The molecule has 4 aliphatic rings. The van der Waals surface area contributed by atoms with Crippen molar-refractivity contribution in [3.63, 3.8) is 0 Å². The van der Waals surface area contributed by atoms with Gasteiger partial charge in [0.25, 0.3) is 0 Å². The predicted octanol–water partition coefficient (Wildman–Crippen LogP) is 7.37. The van der Waals surface area contributed by atoms with Crippen molar-refractivity contribution < 1.29 is 28.2 Å². The van der Waals surface area contributed by atoms with Gasteiger partial charge in [-0.2, -0.15) is 13.2 Å². The molecule has 49 heavy (non-hydrogen) atoms. The molecule has 0 aliphatic heterocycles. The molecule has 4 fully saturated rings. The minimum atomic E-state index is -5.08. The minimum Gasteiger partial charge on any atom is -0.475 e. The van der Waals surface area contributed by atoms with Gasteiger partial charge >= 0.3 is 12.1 Å². The number of nitrogens with one attached hydrogen (secondary N) is 3. The number of carboxylic acids is 1. The fourth-order valence-electron chi connectivity index (χ4n) is 11.0. The Morgan fingerprint density at radius 3 is 2.00 bits per heavy atom. The first-order chi connectivity index (χ1) is 23.1. The zero-order chi connectivity index (χ0) is 36.2. The molecule has 10 atom stereocenters. The van der Waals surface area contributed by atoms with Crippen LogP contribution in [0.25, 0.3) is 0 Å². The largest absolute Gasteiger partial charge is 0.490 e. The van der Waals surface area contributed by atoms with Crippen molar-refractivity contribution in [3.8, 4) is 0 Å². The Kier molecular flexibility index (Phi) is 17.1. The number of carboxylic acid groups (broad SMARTS) is 1. The first-order valence-corrected chi connectivity index (χ1v) is 20.0. The van der Waals surface area contributed by atoms with E-state index in [-0.39, 0.29) is 6.10 Å². The Morgan fingerprint density at radius 2 is 1.39 bits per heavy atom. The van der Waals surface area contributed by atoms with Crippen molar-refractivity contribution in [2.24, 2.45) is 58.0 Å². The maximum absolute atomic E-state index is 10.8. The number of hydrogen-bond donors (Lipinski definition) is 6. The Morgan fingerprint density at radius 1 is 0.796 bits per heavy atom. The molecule has 0 spiro atoms. The van der Waals surface area contributed by atoms with Crippen LogP contribution in [0.15, 0.2) is 0 Å². The van der Waals surface area contributed by atoms with Gasteiger partial charge in [0.1, 0.15) is 0 Å². The third-order valence-electron chi connectivity index (χ3n) is 13.6. The number of nitrogens with two attached hydrogens (primary N) is 1. The molecule has 0 aromatic rings. The third-order valence-corrected chi connectivity index (χ3v) is 13.6. The summed E-state index contributed by atoms with van der Waals surface area (Å²) in [5, 5.41) is 29.2. The molecule has 288 valence electrons. The van der Waals surface area contributed by atoms with Gasteiger partial charge in [-0.3, -0.25) is 0 Å². The normalized spacial score (nSPS) is 34.8. The fourth-order valence-corrected chi connectivity index (χ4v) is 11.0. The average Bonchev–Trinajstić information content (AvgIpc) is 3.39. The molecule has 0 radical (unpaired) electrons. The zero-order valence-electron chi connectivity index (χ0n) is 31.6. The van der Waals surface area contributed by atoms with Crippen molar-refractivity contribution >= 4 is 5.97 Å². The molecule has 7 nitrogen and oxygen atoms in total. The molecule has 1 unspecified atom stereocenters. The first-order valence-electron chi connectivity index (χ1n) is 20.0. The molecular formula is C39H73F3N4O3. The number of hydrogen-bond acceptors (Lipinski definition) is 6. The summed E-state index contributed by atoms with van der Waals surface area (Å²) in [5.41, 5.74) is 6.51. The van der Waals surface area contributed by atoms with Crippen LogP contribution >= 0.6 is 0 Å². The minimum absolute atomic E-state index is 0.0909. The third kappa shape index (κ3) is 11.8. The van der Waals surface area contributed by atoms with Gasteiger partial charge in [0.15, 0.2) is 0 Å².